The van der Waals surface area contributed by atoms with Crippen LogP contribution in [0.15, 0.2) is 24.3 Å². The van der Waals surface area contributed by atoms with Gasteiger partial charge in [0.1, 0.15) is 0 Å². The standard InChI is InChI=1S/C9H14.K.H/c1-2-3-6-9-7-4-5-8-9;;/h4-5,7-9H,2-3,6H2,1H3;;/q;+1;-1. The molecule has 0 saturated carbocycles. The maximum Gasteiger partial charge on any atom is 1.00 e. The van der Waals surface area contributed by atoms with Crippen LogP contribution in [0.25, 0.3) is 0 Å². The predicted molar refractivity (Wildman–Crippen MR) is 42.4 cm³/mol. The quantitative estimate of drug-likeness (QED) is 0.514. The molecule has 0 radical (unpaired) electrons. The molecule has 0 aliphatic heterocycles. The molecule has 0 bridgehead atoms. The van der Waals surface area contributed by atoms with Crippen LogP contribution < -0.4 is 51.4 Å². The summed E-state index contributed by atoms with van der Waals surface area (Å²) in [5.74, 6) is 0.755. The number of hydrogen-bond donors (Lipinski definition) is 0. The minimum Gasteiger partial charge on any atom is -1.00 e. The van der Waals surface area contributed by atoms with Crippen LogP contribution in [0.1, 0.15) is 27.6 Å². The van der Waals surface area contributed by atoms with E-state index < -0.39 is 0 Å². The van der Waals surface area contributed by atoms with E-state index in [4.69, 9.17) is 0 Å². The van der Waals surface area contributed by atoms with Crippen molar-refractivity contribution in [1.29, 1.82) is 0 Å². The Morgan fingerprint density at radius 2 is 1.90 bits per heavy atom. The van der Waals surface area contributed by atoms with Crippen molar-refractivity contribution >= 4 is 0 Å². The third-order valence-electron chi connectivity index (χ3n) is 1.72. The molecule has 52 valence electrons. The van der Waals surface area contributed by atoms with Crippen LogP contribution in [0.2, 0.25) is 0 Å². The van der Waals surface area contributed by atoms with Crippen molar-refractivity contribution in [2.45, 2.75) is 26.2 Å². The molecule has 0 aromatic heterocycles. The maximum absolute atomic E-state index is 2.27. The van der Waals surface area contributed by atoms with Crippen LogP contribution in [0.4, 0.5) is 0 Å². The van der Waals surface area contributed by atoms with E-state index >= 15 is 0 Å². The van der Waals surface area contributed by atoms with Gasteiger partial charge in [0.25, 0.3) is 0 Å². The van der Waals surface area contributed by atoms with Crippen molar-refractivity contribution in [1.82, 2.24) is 0 Å². The van der Waals surface area contributed by atoms with E-state index in [9.17, 15) is 0 Å². The zero-order chi connectivity index (χ0) is 6.53. The van der Waals surface area contributed by atoms with Crippen LogP contribution in [0.3, 0.4) is 0 Å². The maximum atomic E-state index is 2.27. The summed E-state index contributed by atoms with van der Waals surface area (Å²) in [5.41, 5.74) is 0. The fourth-order valence-corrected chi connectivity index (χ4v) is 1.11. The van der Waals surface area contributed by atoms with Crippen molar-refractivity contribution in [2.24, 2.45) is 5.92 Å². The van der Waals surface area contributed by atoms with Crippen LogP contribution >= 0.6 is 0 Å². The van der Waals surface area contributed by atoms with Gasteiger partial charge in [0, 0.05) is 0 Å². The second kappa shape index (κ2) is 6.80. The predicted octanol–water partition coefficient (Wildman–Crippen LogP) is 0.0353. The fraction of sp³-hybridized carbons (Fsp3) is 0.556. The molecule has 0 atom stereocenters. The molecule has 0 unspecified atom stereocenters. The van der Waals surface area contributed by atoms with Crippen molar-refractivity contribution in [3.63, 3.8) is 0 Å². The van der Waals surface area contributed by atoms with Gasteiger partial charge in [-0.1, -0.05) is 44.1 Å². The normalized spacial score (nSPS) is 15.7. The summed E-state index contributed by atoms with van der Waals surface area (Å²) >= 11 is 0. The Bertz CT molecular complexity index is 118. The van der Waals surface area contributed by atoms with Gasteiger partial charge >= 0.3 is 51.4 Å². The van der Waals surface area contributed by atoms with E-state index in [1.54, 1.807) is 0 Å². The van der Waals surface area contributed by atoms with Gasteiger partial charge in [0.05, 0.1) is 0 Å². The zero-order valence-electron chi connectivity index (χ0n) is 8.01. The molecule has 0 aromatic rings. The first-order chi connectivity index (χ1) is 4.43. The van der Waals surface area contributed by atoms with E-state index in [2.05, 4.69) is 31.2 Å². The van der Waals surface area contributed by atoms with Gasteiger partial charge in [0.15, 0.2) is 0 Å². The van der Waals surface area contributed by atoms with Gasteiger partial charge in [-0.15, -0.1) is 0 Å². The Balaban J connectivity index is 0. The molecule has 1 rings (SSSR count). The molecule has 0 amide bonds. The number of allylic oxidation sites excluding steroid dienone is 4. The molecule has 1 aliphatic carbocycles. The molecule has 0 fully saturated rings. The molecule has 0 saturated heterocycles. The molecule has 10 heavy (non-hydrogen) atoms. The van der Waals surface area contributed by atoms with Gasteiger partial charge in [-0.05, 0) is 12.3 Å². The number of rotatable bonds is 3. The molecule has 1 heteroatoms. The molecule has 0 N–H and O–H groups in total. The molecule has 1 aliphatic rings. The zero-order valence-corrected chi connectivity index (χ0v) is 10.1. The van der Waals surface area contributed by atoms with Gasteiger partial charge in [-0.25, -0.2) is 0 Å². The van der Waals surface area contributed by atoms with Gasteiger partial charge < -0.3 is 1.43 Å². The summed E-state index contributed by atoms with van der Waals surface area (Å²) in [4.78, 5) is 0. The van der Waals surface area contributed by atoms with Crippen LogP contribution in [0.5, 0.6) is 0 Å². The summed E-state index contributed by atoms with van der Waals surface area (Å²) in [6.45, 7) is 2.24. The number of unbranched alkanes of at least 4 members (excludes halogenated alkanes) is 1. The molecular weight excluding hydrogens is 147 g/mol. The first-order valence-electron chi connectivity index (χ1n) is 3.78. The largest absolute Gasteiger partial charge is 1.00 e. The monoisotopic (exact) mass is 162 g/mol. The Kier molecular flexibility index (Phi) is 7.56. The van der Waals surface area contributed by atoms with Crippen molar-refractivity contribution < 1.29 is 52.8 Å². The van der Waals surface area contributed by atoms with E-state index in [0.29, 0.717) is 0 Å². The van der Waals surface area contributed by atoms with E-state index in [1.165, 1.54) is 19.3 Å². The topological polar surface area (TPSA) is 0 Å². The SMILES string of the molecule is CCCCC1C=CC=C1.[H-].[K+]. The minimum absolute atomic E-state index is 0. The fourth-order valence-electron chi connectivity index (χ4n) is 1.11. The average Bonchev–Trinajstić information content (AvgIpc) is 2.34. The van der Waals surface area contributed by atoms with Crippen molar-refractivity contribution in [3.8, 4) is 0 Å². The van der Waals surface area contributed by atoms with Gasteiger partial charge in [-0.2, -0.15) is 0 Å². The molecule has 0 spiro atoms. The smallest absolute Gasteiger partial charge is 1.00 e. The molecule has 0 nitrogen and oxygen atoms in total. The van der Waals surface area contributed by atoms with Crippen LogP contribution in [-0.2, 0) is 0 Å². The van der Waals surface area contributed by atoms with E-state index in [0.717, 1.165) is 5.92 Å². The van der Waals surface area contributed by atoms with E-state index in [-0.39, 0.29) is 52.8 Å². The minimum atomic E-state index is 0. The Morgan fingerprint density at radius 3 is 2.40 bits per heavy atom. The summed E-state index contributed by atoms with van der Waals surface area (Å²) in [6, 6.07) is 0. The Labute approximate surface area is 108 Å². The summed E-state index contributed by atoms with van der Waals surface area (Å²) < 4.78 is 0. The van der Waals surface area contributed by atoms with Gasteiger partial charge in [0.2, 0.25) is 0 Å². The Hall–Kier alpha value is 1.12. The van der Waals surface area contributed by atoms with Crippen LogP contribution in [0, 0.1) is 5.92 Å². The van der Waals surface area contributed by atoms with Crippen LogP contribution in [-0.4, -0.2) is 0 Å². The molecule has 0 aromatic carbocycles. The Morgan fingerprint density at radius 1 is 1.30 bits per heavy atom. The first-order valence-corrected chi connectivity index (χ1v) is 3.78. The summed E-state index contributed by atoms with van der Waals surface area (Å²) in [7, 11) is 0. The summed E-state index contributed by atoms with van der Waals surface area (Å²) in [6.07, 6.45) is 12.8. The van der Waals surface area contributed by atoms with Crippen molar-refractivity contribution in [3.05, 3.63) is 24.3 Å². The second-order valence-corrected chi connectivity index (χ2v) is 2.58. The third kappa shape index (κ3) is 4.09. The second-order valence-electron chi connectivity index (χ2n) is 2.58. The summed E-state index contributed by atoms with van der Waals surface area (Å²) in [5, 5.41) is 0. The van der Waals surface area contributed by atoms with Gasteiger partial charge in [-0.3, -0.25) is 0 Å². The third-order valence-corrected chi connectivity index (χ3v) is 1.72. The van der Waals surface area contributed by atoms with Crippen molar-refractivity contribution in [2.75, 3.05) is 0 Å². The first kappa shape index (κ1) is 11.1. The van der Waals surface area contributed by atoms with E-state index in [1.807, 2.05) is 0 Å². The average molecular weight is 162 g/mol. The molecular formula is C9H15K. The number of hydrogen-bond acceptors (Lipinski definition) is 0. The molecule has 0 heterocycles.